The molecule has 1 rings (SSSR count). The number of carbonyl (C=O) groups is 1. The van der Waals surface area contributed by atoms with Gasteiger partial charge in [-0.25, -0.2) is 4.98 Å². The van der Waals surface area contributed by atoms with Crippen molar-refractivity contribution in [2.75, 3.05) is 11.9 Å². The molecule has 0 bridgehead atoms. The standard InChI is InChI=1S/C13H18F3N3O/c1-3-6-17-11-10(5-4-7-18-11)12(20)19-9(2)8-13(14,15)16/h4-5,7,9H,3,6,8H2,1-2H3,(H,17,18)(H,19,20). The van der Waals surface area contributed by atoms with Crippen LogP contribution >= 0.6 is 0 Å². The van der Waals surface area contributed by atoms with Crippen molar-refractivity contribution < 1.29 is 18.0 Å². The van der Waals surface area contributed by atoms with E-state index < -0.39 is 24.5 Å². The highest BCUT2D eigenvalue weighted by atomic mass is 19.4. The summed E-state index contributed by atoms with van der Waals surface area (Å²) in [4.78, 5) is 16.0. The molecule has 7 heteroatoms. The van der Waals surface area contributed by atoms with E-state index in [4.69, 9.17) is 0 Å². The zero-order valence-electron chi connectivity index (χ0n) is 11.4. The molecule has 0 saturated heterocycles. The lowest BCUT2D eigenvalue weighted by Gasteiger charge is -2.17. The first kappa shape index (κ1) is 16.3. The first-order chi connectivity index (χ1) is 9.33. The average molecular weight is 289 g/mol. The molecule has 4 nitrogen and oxygen atoms in total. The molecule has 1 unspecified atom stereocenters. The van der Waals surface area contributed by atoms with Gasteiger partial charge in [-0.2, -0.15) is 13.2 Å². The number of nitrogens with zero attached hydrogens (tertiary/aromatic N) is 1. The van der Waals surface area contributed by atoms with Crippen molar-refractivity contribution in [1.82, 2.24) is 10.3 Å². The van der Waals surface area contributed by atoms with Gasteiger partial charge in [0, 0.05) is 18.8 Å². The Hall–Kier alpha value is -1.79. The molecule has 112 valence electrons. The van der Waals surface area contributed by atoms with Crippen LogP contribution in [0.2, 0.25) is 0 Å². The van der Waals surface area contributed by atoms with Gasteiger partial charge in [0.15, 0.2) is 0 Å². The predicted molar refractivity (Wildman–Crippen MR) is 70.6 cm³/mol. The molecule has 1 amide bonds. The van der Waals surface area contributed by atoms with E-state index in [1.807, 2.05) is 6.92 Å². The second kappa shape index (κ2) is 7.12. The highest BCUT2D eigenvalue weighted by molar-refractivity contribution is 5.98. The van der Waals surface area contributed by atoms with E-state index >= 15 is 0 Å². The number of carbonyl (C=O) groups excluding carboxylic acids is 1. The summed E-state index contributed by atoms with van der Waals surface area (Å²) < 4.78 is 36.7. The molecule has 1 aromatic rings. The molecule has 20 heavy (non-hydrogen) atoms. The van der Waals surface area contributed by atoms with Crippen LogP contribution in [0.15, 0.2) is 18.3 Å². The summed E-state index contributed by atoms with van der Waals surface area (Å²) in [5.41, 5.74) is 0.245. The van der Waals surface area contributed by atoms with Gasteiger partial charge in [-0.15, -0.1) is 0 Å². The first-order valence-corrected chi connectivity index (χ1v) is 6.40. The summed E-state index contributed by atoms with van der Waals surface area (Å²) in [6.45, 7) is 3.91. The van der Waals surface area contributed by atoms with Crippen molar-refractivity contribution in [3.63, 3.8) is 0 Å². The van der Waals surface area contributed by atoms with Crippen LogP contribution in [0, 0.1) is 0 Å². The Morgan fingerprint density at radius 2 is 2.15 bits per heavy atom. The summed E-state index contributed by atoms with van der Waals surface area (Å²) in [6.07, 6.45) is -2.99. The quantitative estimate of drug-likeness (QED) is 0.846. The van der Waals surface area contributed by atoms with Gasteiger partial charge < -0.3 is 10.6 Å². The number of aromatic nitrogens is 1. The number of amides is 1. The minimum absolute atomic E-state index is 0.245. The van der Waals surface area contributed by atoms with Gasteiger partial charge in [-0.3, -0.25) is 4.79 Å². The summed E-state index contributed by atoms with van der Waals surface area (Å²) in [5, 5.41) is 5.30. The Labute approximate surface area is 115 Å². The fraction of sp³-hybridized carbons (Fsp3) is 0.538. The number of alkyl halides is 3. The lowest BCUT2D eigenvalue weighted by molar-refractivity contribution is -0.138. The first-order valence-electron chi connectivity index (χ1n) is 6.40. The maximum Gasteiger partial charge on any atom is 0.391 e. The van der Waals surface area contributed by atoms with Crippen molar-refractivity contribution in [3.05, 3.63) is 23.9 Å². The van der Waals surface area contributed by atoms with Crippen LogP contribution in [-0.4, -0.2) is 29.7 Å². The van der Waals surface area contributed by atoms with Gasteiger partial charge in [0.2, 0.25) is 0 Å². The fourth-order valence-corrected chi connectivity index (χ4v) is 1.67. The van der Waals surface area contributed by atoms with Crippen molar-refractivity contribution in [3.8, 4) is 0 Å². The Kier molecular flexibility index (Phi) is 5.79. The normalized spacial score (nSPS) is 12.8. The zero-order valence-corrected chi connectivity index (χ0v) is 11.4. The third-order valence-corrected chi connectivity index (χ3v) is 2.51. The van der Waals surface area contributed by atoms with Crippen molar-refractivity contribution in [1.29, 1.82) is 0 Å². The van der Waals surface area contributed by atoms with Crippen LogP contribution in [0.4, 0.5) is 19.0 Å². The van der Waals surface area contributed by atoms with Crippen molar-refractivity contribution >= 4 is 11.7 Å². The summed E-state index contributed by atoms with van der Waals surface area (Å²) in [6, 6.07) is 2.11. The Morgan fingerprint density at radius 3 is 2.75 bits per heavy atom. The van der Waals surface area contributed by atoms with Gasteiger partial charge in [-0.05, 0) is 25.5 Å². The van der Waals surface area contributed by atoms with E-state index in [1.165, 1.54) is 19.2 Å². The maximum absolute atomic E-state index is 12.2. The van der Waals surface area contributed by atoms with Crippen LogP contribution in [0.3, 0.4) is 0 Å². The molecule has 0 aliphatic carbocycles. The molecule has 2 N–H and O–H groups in total. The largest absolute Gasteiger partial charge is 0.391 e. The summed E-state index contributed by atoms with van der Waals surface area (Å²) in [7, 11) is 0. The topological polar surface area (TPSA) is 54.0 Å². The van der Waals surface area contributed by atoms with Crippen LogP contribution in [0.1, 0.15) is 37.0 Å². The molecule has 0 spiro atoms. The number of nitrogens with one attached hydrogen (secondary N) is 2. The minimum Gasteiger partial charge on any atom is -0.369 e. The van der Waals surface area contributed by atoms with Gasteiger partial charge in [0.25, 0.3) is 5.91 Å². The second-order valence-corrected chi connectivity index (χ2v) is 4.52. The van der Waals surface area contributed by atoms with E-state index in [0.29, 0.717) is 12.4 Å². The van der Waals surface area contributed by atoms with Crippen LogP contribution in [-0.2, 0) is 0 Å². The number of rotatable bonds is 6. The molecule has 0 fully saturated rings. The molecule has 0 aliphatic heterocycles. The number of pyridine rings is 1. The number of halogens is 3. The molecule has 0 saturated carbocycles. The zero-order chi connectivity index (χ0) is 15.2. The van der Waals surface area contributed by atoms with E-state index in [2.05, 4.69) is 15.6 Å². The highest BCUT2D eigenvalue weighted by Crippen LogP contribution is 2.21. The smallest absolute Gasteiger partial charge is 0.369 e. The number of anilines is 1. The number of hydrogen-bond donors (Lipinski definition) is 2. The van der Waals surface area contributed by atoms with E-state index in [1.54, 1.807) is 6.07 Å². The van der Waals surface area contributed by atoms with Gasteiger partial charge in [0.1, 0.15) is 5.82 Å². The Balaban J connectivity index is 2.72. The molecular weight excluding hydrogens is 271 g/mol. The summed E-state index contributed by atoms with van der Waals surface area (Å²) >= 11 is 0. The Morgan fingerprint density at radius 1 is 1.45 bits per heavy atom. The molecule has 0 aromatic carbocycles. The highest BCUT2D eigenvalue weighted by Gasteiger charge is 2.30. The SMILES string of the molecule is CCCNc1ncccc1C(=O)NC(C)CC(F)(F)F. The summed E-state index contributed by atoms with van der Waals surface area (Å²) in [5.74, 6) is -0.181. The van der Waals surface area contributed by atoms with E-state index in [-0.39, 0.29) is 5.56 Å². The predicted octanol–water partition coefficient (Wildman–Crippen LogP) is 2.97. The van der Waals surface area contributed by atoms with Gasteiger partial charge in [0.05, 0.1) is 12.0 Å². The van der Waals surface area contributed by atoms with E-state index in [9.17, 15) is 18.0 Å². The second-order valence-electron chi connectivity index (χ2n) is 4.52. The Bertz CT molecular complexity index is 449. The van der Waals surface area contributed by atoms with Crippen LogP contribution in [0.5, 0.6) is 0 Å². The number of hydrogen-bond acceptors (Lipinski definition) is 3. The molecular formula is C13H18F3N3O. The average Bonchev–Trinajstić information content (AvgIpc) is 2.34. The molecule has 1 aromatic heterocycles. The lowest BCUT2D eigenvalue weighted by Crippen LogP contribution is -2.36. The third-order valence-electron chi connectivity index (χ3n) is 2.51. The van der Waals surface area contributed by atoms with Crippen LogP contribution < -0.4 is 10.6 Å². The fourth-order valence-electron chi connectivity index (χ4n) is 1.67. The lowest BCUT2D eigenvalue weighted by atomic mass is 10.2. The molecule has 0 aliphatic rings. The van der Waals surface area contributed by atoms with Crippen LogP contribution in [0.25, 0.3) is 0 Å². The van der Waals surface area contributed by atoms with Gasteiger partial charge >= 0.3 is 6.18 Å². The monoisotopic (exact) mass is 289 g/mol. The molecule has 1 heterocycles. The van der Waals surface area contributed by atoms with Crippen molar-refractivity contribution in [2.24, 2.45) is 0 Å². The molecule has 0 radical (unpaired) electrons. The van der Waals surface area contributed by atoms with Crippen molar-refractivity contribution in [2.45, 2.75) is 38.9 Å². The minimum atomic E-state index is -4.30. The van der Waals surface area contributed by atoms with E-state index in [0.717, 1.165) is 6.42 Å². The molecule has 1 atom stereocenters. The van der Waals surface area contributed by atoms with Gasteiger partial charge in [-0.1, -0.05) is 6.92 Å². The maximum atomic E-state index is 12.2. The third kappa shape index (κ3) is 5.46.